The predicted octanol–water partition coefficient (Wildman–Crippen LogP) is 0.722. The van der Waals surface area contributed by atoms with Crippen molar-refractivity contribution in [2.45, 2.75) is 45.2 Å². The number of hydrogen-bond donors (Lipinski definition) is 1. The second-order valence-electron chi connectivity index (χ2n) is 7.02. The van der Waals surface area contributed by atoms with Crippen LogP contribution in [-0.4, -0.2) is 70.2 Å². The molecule has 1 N–H and O–H groups in total. The van der Waals surface area contributed by atoms with Gasteiger partial charge in [0.25, 0.3) is 0 Å². The van der Waals surface area contributed by atoms with E-state index in [1.165, 1.54) is 0 Å². The molecule has 0 spiro atoms. The molecule has 0 aliphatic carbocycles. The zero-order valence-corrected chi connectivity index (χ0v) is 15.1. The third kappa shape index (κ3) is 4.60. The number of aryl methyl sites for hydroxylation is 1. The predicted molar refractivity (Wildman–Crippen MR) is 94.8 cm³/mol. The van der Waals surface area contributed by atoms with Crippen LogP contribution in [0.4, 0.5) is 0 Å². The van der Waals surface area contributed by atoms with Gasteiger partial charge < -0.3 is 10.2 Å². The van der Waals surface area contributed by atoms with Crippen molar-refractivity contribution in [3.05, 3.63) is 18.5 Å². The Morgan fingerprint density at radius 2 is 2.12 bits per heavy atom. The minimum absolute atomic E-state index is 0.00411. The summed E-state index contributed by atoms with van der Waals surface area (Å²) in [7, 11) is 0. The van der Waals surface area contributed by atoms with Gasteiger partial charge in [-0.05, 0) is 37.8 Å². The molecule has 25 heavy (non-hydrogen) atoms. The van der Waals surface area contributed by atoms with Crippen molar-refractivity contribution in [3.8, 4) is 0 Å². The normalized spacial score (nSPS) is 22.8. The Bertz CT molecular complexity index is 566. The van der Waals surface area contributed by atoms with E-state index in [2.05, 4.69) is 15.3 Å². The SMILES string of the molecule is CCN1CCNC(=O)[C@H]1CC(=O)N1CCC(CCn2cccn2)CC1. The molecule has 138 valence electrons. The Labute approximate surface area is 149 Å². The van der Waals surface area contributed by atoms with Crippen molar-refractivity contribution in [2.75, 3.05) is 32.7 Å². The third-order valence-electron chi connectivity index (χ3n) is 5.51. The monoisotopic (exact) mass is 347 g/mol. The number of aromatic nitrogens is 2. The van der Waals surface area contributed by atoms with Crippen LogP contribution in [0, 0.1) is 5.92 Å². The number of piperidine rings is 1. The van der Waals surface area contributed by atoms with Crippen LogP contribution >= 0.6 is 0 Å². The number of piperazine rings is 1. The van der Waals surface area contributed by atoms with Crippen molar-refractivity contribution >= 4 is 11.8 Å². The average molecular weight is 347 g/mol. The average Bonchev–Trinajstić information content (AvgIpc) is 3.15. The number of likely N-dealkylation sites (tertiary alicyclic amines) is 1. The number of hydrogen-bond acceptors (Lipinski definition) is 4. The highest BCUT2D eigenvalue weighted by Crippen LogP contribution is 2.22. The van der Waals surface area contributed by atoms with Gasteiger partial charge in [-0.2, -0.15) is 5.10 Å². The van der Waals surface area contributed by atoms with Crippen LogP contribution < -0.4 is 5.32 Å². The van der Waals surface area contributed by atoms with Crippen LogP contribution in [0.3, 0.4) is 0 Å². The van der Waals surface area contributed by atoms with Crippen molar-refractivity contribution in [3.63, 3.8) is 0 Å². The molecule has 0 aromatic carbocycles. The lowest BCUT2D eigenvalue weighted by molar-refractivity contribution is -0.139. The molecule has 2 saturated heterocycles. The molecule has 3 rings (SSSR count). The zero-order chi connectivity index (χ0) is 17.6. The number of carbonyl (C=O) groups is 2. The fourth-order valence-electron chi connectivity index (χ4n) is 3.88. The molecule has 0 bridgehead atoms. The van der Waals surface area contributed by atoms with Crippen LogP contribution in [0.15, 0.2) is 18.5 Å². The topological polar surface area (TPSA) is 70.5 Å². The molecule has 1 aromatic rings. The lowest BCUT2D eigenvalue weighted by Gasteiger charge is -2.36. The summed E-state index contributed by atoms with van der Waals surface area (Å²) in [6.45, 7) is 6.92. The summed E-state index contributed by atoms with van der Waals surface area (Å²) in [6.07, 6.45) is 7.30. The number of nitrogens with one attached hydrogen (secondary N) is 1. The largest absolute Gasteiger partial charge is 0.353 e. The molecule has 2 aliphatic rings. The van der Waals surface area contributed by atoms with Crippen LogP contribution in [0.25, 0.3) is 0 Å². The Morgan fingerprint density at radius 3 is 2.80 bits per heavy atom. The van der Waals surface area contributed by atoms with E-state index in [9.17, 15) is 9.59 Å². The van der Waals surface area contributed by atoms with Crippen molar-refractivity contribution in [2.24, 2.45) is 5.92 Å². The number of rotatable bonds is 6. The van der Waals surface area contributed by atoms with E-state index in [0.717, 1.165) is 52.0 Å². The highest BCUT2D eigenvalue weighted by molar-refractivity contribution is 5.88. The molecule has 1 atom stereocenters. The van der Waals surface area contributed by atoms with Gasteiger partial charge in [-0.3, -0.25) is 19.2 Å². The van der Waals surface area contributed by atoms with Gasteiger partial charge in [0.2, 0.25) is 11.8 Å². The maximum absolute atomic E-state index is 12.6. The molecule has 0 saturated carbocycles. The summed E-state index contributed by atoms with van der Waals surface area (Å²) in [6, 6.07) is 1.64. The van der Waals surface area contributed by atoms with Gasteiger partial charge in [0.1, 0.15) is 0 Å². The lowest BCUT2D eigenvalue weighted by atomic mass is 9.93. The zero-order valence-electron chi connectivity index (χ0n) is 15.1. The quantitative estimate of drug-likeness (QED) is 0.823. The molecule has 2 fully saturated rings. The summed E-state index contributed by atoms with van der Waals surface area (Å²) in [5.41, 5.74) is 0. The van der Waals surface area contributed by atoms with E-state index in [1.807, 2.05) is 35.0 Å². The maximum atomic E-state index is 12.6. The smallest absolute Gasteiger partial charge is 0.237 e. The summed E-state index contributed by atoms with van der Waals surface area (Å²) in [5, 5.41) is 7.12. The van der Waals surface area contributed by atoms with E-state index in [0.29, 0.717) is 18.9 Å². The number of likely N-dealkylation sites (N-methyl/N-ethyl adjacent to an activating group) is 1. The summed E-state index contributed by atoms with van der Waals surface area (Å²) < 4.78 is 1.97. The number of amides is 2. The van der Waals surface area contributed by atoms with Gasteiger partial charge >= 0.3 is 0 Å². The van der Waals surface area contributed by atoms with E-state index in [4.69, 9.17) is 0 Å². The van der Waals surface area contributed by atoms with Crippen molar-refractivity contribution in [1.82, 2.24) is 24.9 Å². The van der Waals surface area contributed by atoms with Gasteiger partial charge in [0.05, 0.1) is 12.5 Å². The van der Waals surface area contributed by atoms with E-state index < -0.39 is 0 Å². The summed E-state index contributed by atoms with van der Waals surface area (Å²) in [5.74, 6) is 0.764. The van der Waals surface area contributed by atoms with Crippen molar-refractivity contribution in [1.29, 1.82) is 0 Å². The molecule has 7 heteroatoms. The highest BCUT2D eigenvalue weighted by Gasteiger charge is 2.32. The second-order valence-corrected chi connectivity index (χ2v) is 7.02. The second kappa shape index (κ2) is 8.47. The highest BCUT2D eigenvalue weighted by atomic mass is 16.2. The van der Waals surface area contributed by atoms with Gasteiger partial charge in [0.15, 0.2) is 0 Å². The molecular formula is C18H29N5O2. The summed E-state index contributed by atoms with van der Waals surface area (Å²) >= 11 is 0. The van der Waals surface area contributed by atoms with E-state index in [1.54, 1.807) is 0 Å². The van der Waals surface area contributed by atoms with E-state index in [-0.39, 0.29) is 17.9 Å². The molecule has 2 amide bonds. The minimum Gasteiger partial charge on any atom is -0.353 e. The molecule has 3 heterocycles. The van der Waals surface area contributed by atoms with Crippen LogP contribution in [0.2, 0.25) is 0 Å². The standard InChI is InChI=1S/C18H29N5O2/c1-2-21-13-8-19-18(25)16(21)14-17(24)22-10-4-15(5-11-22)6-12-23-9-3-7-20-23/h3,7,9,15-16H,2,4-6,8,10-14H2,1H3,(H,19,25)/t16-/m1/s1. The Balaban J connectivity index is 1.44. The van der Waals surface area contributed by atoms with Gasteiger partial charge in [-0.15, -0.1) is 0 Å². The first-order chi connectivity index (χ1) is 12.2. The maximum Gasteiger partial charge on any atom is 0.237 e. The Morgan fingerprint density at radius 1 is 1.32 bits per heavy atom. The molecule has 7 nitrogen and oxygen atoms in total. The summed E-state index contributed by atoms with van der Waals surface area (Å²) in [4.78, 5) is 28.8. The van der Waals surface area contributed by atoms with Crippen LogP contribution in [0.1, 0.15) is 32.6 Å². The first-order valence-corrected chi connectivity index (χ1v) is 9.44. The fourth-order valence-corrected chi connectivity index (χ4v) is 3.88. The van der Waals surface area contributed by atoms with Gasteiger partial charge in [-0.25, -0.2) is 0 Å². The Hall–Kier alpha value is -1.89. The molecule has 0 unspecified atom stereocenters. The third-order valence-corrected chi connectivity index (χ3v) is 5.51. The number of nitrogens with zero attached hydrogens (tertiary/aromatic N) is 4. The van der Waals surface area contributed by atoms with Gasteiger partial charge in [0, 0.05) is 45.1 Å². The Kier molecular flexibility index (Phi) is 6.07. The number of carbonyl (C=O) groups excluding carboxylic acids is 2. The van der Waals surface area contributed by atoms with Gasteiger partial charge in [-0.1, -0.05) is 6.92 Å². The molecular weight excluding hydrogens is 318 g/mol. The first-order valence-electron chi connectivity index (χ1n) is 9.44. The minimum atomic E-state index is -0.302. The fraction of sp³-hybridized carbons (Fsp3) is 0.722. The van der Waals surface area contributed by atoms with Crippen LogP contribution in [0.5, 0.6) is 0 Å². The molecule has 2 aliphatic heterocycles. The molecule has 1 aromatic heterocycles. The first kappa shape index (κ1) is 17.9. The van der Waals surface area contributed by atoms with E-state index >= 15 is 0 Å². The van der Waals surface area contributed by atoms with Crippen molar-refractivity contribution < 1.29 is 9.59 Å². The van der Waals surface area contributed by atoms with Crippen LogP contribution in [-0.2, 0) is 16.1 Å². The molecule has 0 radical (unpaired) electrons. The lowest BCUT2D eigenvalue weighted by Crippen LogP contribution is -2.56.